The van der Waals surface area contributed by atoms with Crippen molar-refractivity contribution in [3.05, 3.63) is 20.8 Å². The number of rotatable bonds is 2. The van der Waals surface area contributed by atoms with Gasteiger partial charge in [0.2, 0.25) is 0 Å². The van der Waals surface area contributed by atoms with Crippen LogP contribution in [0, 0.1) is 0 Å². The largest absolute Gasteiger partial charge is 0.347 e. The Bertz CT molecular complexity index is 352. The van der Waals surface area contributed by atoms with E-state index in [4.69, 9.17) is 0 Å². The molecule has 0 radical (unpaired) electrons. The third-order valence-corrected chi connectivity index (χ3v) is 4.05. The molecular formula is C10H14BrClN2OS. The van der Waals surface area contributed by atoms with E-state index in [9.17, 15) is 4.79 Å². The monoisotopic (exact) mass is 324 g/mol. The smallest absolute Gasteiger partial charge is 0.261 e. The molecule has 1 aliphatic heterocycles. The number of piperidine rings is 1. The molecular weight excluding hydrogens is 312 g/mol. The minimum absolute atomic E-state index is 0. The van der Waals surface area contributed by atoms with Crippen LogP contribution in [-0.2, 0) is 0 Å². The molecule has 1 aromatic rings. The molecule has 90 valence electrons. The van der Waals surface area contributed by atoms with Crippen LogP contribution in [0.25, 0.3) is 0 Å². The molecule has 1 saturated heterocycles. The van der Waals surface area contributed by atoms with Gasteiger partial charge in [-0.05, 0) is 47.4 Å². The maximum absolute atomic E-state index is 11.8. The lowest BCUT2D eigenvalue weighted by Gasteiger charge is -2.23. The lowest BCUT2D eigenvalue weighted by Crippen LogP contribution is -2.45. The van der Waals surface area contributed by atoms with Crippen LogP contribution in [-0.4, -0.2) is 25.0 Å². The minimum Gasteiger partial charge on any atom is -0.347 e. The van der Waals surface area contributed by atoms with Crippen LogP contribution in [0.2, 0.25) is 0 Å². The number of halogens is 2. The molecule has 1 atom stereocenters. The summed E-state index contributed by atoms with van der Waals surface area (Å²) in [6.45, 7) is 1.95. The van der Waals surface area contributed by atoms with Crippen LogP contribution in [0.3, 0.4) is 0 Å². The molecule has 2 N–H and O–H groups in total. The van der Waals surface area contributed by atoms with Crippen LogP contribution in [0.4, 0.5) is 0 Å². The van der Waals surface area contributed by atoms with Crippen molar-refractivity contribution in [1.29, 1.82) is 0 Å². The van der Waals surface area contributed by atoms with Gasteiger partial charge in [0, 0.05) is 12.6 Å². The maximum Gasteiger partial charge on any atom is 0.261 e. The van der Waals surface area contributed by atoms with E-state index in [2.05, 4.69) is 26.6 Å². The van der Waals surface area contributed by atoms with Crippen molar-refractivity contribution in [3.8, 4) is 0 Å². The lowest BCUT2D eigenvalue weighted by atomic mass is 10.1. The first-order valence-corrected chi connectivity index (χ1v) is 6.63. The fourth-order valence-corrected chi connectivity index (χ4v) is 2.96. The third kappa shape index (κ3) is 3.73. The molecule has 1 aliphatic rings. The molecule has 0 aromatic carbocycles. The summed E-state index contributed by atoms with van der Waals surface area (Å²) in [7, 11) is 0. The molecule has 2 rings (SSSR count). The zero-order valence-corrected chi connectivity index (χ0v) is 11.9. The first-order valence-electron chi connectivity index (χ1n) is 5.02. The fraction of sp³-hybridized carbons (Fsp3) is 0.500. The Balaban J connectivity index is 0.00000128. The number of hydrogen-bond donors (Lipinski definition) is 2. The molecule has 0 saturated carbocycles. The topological polar surface area (TPSA) is 41.1 Å². The Labute approximate surface area is 114 Å². The van der Waals surface area contributed by atoms with Crippen LogP contribution >= 0.6 is 39.7 Å². The second-order valence-corrected chi connectivity index (χ2v) is 6.08. The van der Waals surface area contributed by atoms with Crippen molar-refractivity contribution in [2.75, 3.05) is 13.1 Å². The zero-order chi connectivity index (χ0) is 10.7. The summed E-state index contributed by atoms with van der Waals surface area (Å²) in [6.07, 6.45) is 2.21. The molecule has 0 spiro atoms. The van der Waals surface area contributed by atoms with Gasteiger partial charge in [-0.15, -0.1) is 23.7 Å². The lowest BCUT2D eigenvalue weighted by molar-refractivity contribution is 0.0935. The number of nitrogens with one attached hydrogen (secondary N) is 2. The second-order valence-electron chi connectivity index (χ2n) is 3.62. The SMILES string of the molecule is Cl.O=C(N[C@H]1CCCNC1)c1ccc(Br)s1. The standard InChI is InChI=1S/C10H13BrN2OS.ClH/c11-9-4-3-8(15-9)10(14)13-7-2-1-5-12-6-7;/h3-4,7,12H,1-2,5-6H2,(H,13,14);1H/t7-;/m0./s1. The van der Waals surface area contributed by atoms with Crippen molar-refractivity contribution in [2.45, 2.75) is 18.9 Å². The number of hydrogen-bond acceptors (Lipinski definition) is 3. The van der Waals surface area contributed by atoms with E-state index in [1.165, 1.54) is 11.3 Å². The summed E-state index contributed by atoms with van der Waals surface area (Å²) in [5.74, 6) is 0.0411. The molecule has 2 heterocycles. The summed E-state index contributed by atoms with van der Waals surface area (Å²) < 4.78 is 0.995. The summed E-state index contributed by atoms with van der Waals surface area (Å²) in [6, 6.07) is 4.03. The van der Waals surface area contributed by atoms with Gasteiger partial charge in [0.1, 0.15) is 0 Å². The normalized spacial score (nSPS) is 19.9. The molecule has 1 amide bonds. The highest BCUT2D eigenvalue weighted by molar-refractivity contribution is 9.11. The first-order chi connectivity index (χ1) is 7.25. The van der Waals surface area contributed by atoms with E-state index in [1.807, 2.05) is 12.1 Å². The van der Waals surface area contributed by atoms with E-state index in [-0.39, 0.29) is 24.4 Å². The average molecular weight is 326 g/mol. The Kier molecular flexibility index (Phi) is 5.75. The van der Waals surface area contributed by atoms with E-state index >= 15 is 0 Å². The first kappa shape index (κ1) is 14.0. The molecule has 6 heteroatoms. The minimum atomic E-state index is 0. The van der Waals surface area contributed by atoms with Gasteiger partial charge in [0.05, 0.1) is 8.66 Å². The van der Waals surface area contributed by atoms with E-state index in [0.717, 1.165) is 34.6 Å². The van der Waals surface area contributed by atoms with Crippen molar-refractivity contribution < 1.29 is 4.79 Å². The molecule has 16 heavy (non-hydrogen) atoms. The number of carbonyl (C=O) groups excluding carboxylic acids is 1. The average Bonchev–Trinajstić information content (AvgIpc) is 2.66. The second kappa shape index (κ2) is 6.59. The summed E-state index contributed by atoms with van der Waals surface area (Å²) in [5, 5.41) is 6.31. The highest BCUT2D eigenvalue weighted by atomic mass is 79.9. The van der Waals surface area contributed by atoms with Gasteiger partial charge in [-0.2, -0.15) is 0 Å². The molecule has 0 unspecified atom stereocenters. The Morgan fingerprint density at radius 3 is 2.94 bits per heavy atom. The number of carbonyl (C=O) groups is 1. The Hall–Kier alpha value is -0.100. The summed E-state index contributed by atoms with van der Waals surface area (Å²) >= 11 is 4.82. The Morgan fingerprint density at radius 2 is 2.38 bits per heavy atom. The molecule has 0 bridgehead atoms. The number of thiophene rings is 1. The quantitative estimate of drug-likeness (QED) is 0.877. The van der Waals surface area contributed by atoms with Gasteiger partial charge in [-0.25, -0.2) is 0 Å². The molecule has 1 fully saturated rings. The van der Waals surface area contributed by atoms with E-state index in [0.29, 0.717) is 0 Å². The number of amides is 1. The van der Waals surface area contributed by atoms with Crippen molar-refractivity contribution >= 4 is 45.6 Å². The van der Waals surface area contributed by atoms with Crippen LogP contribution in [0.5, 0.6) is 0 Å². The molecule has 3 nitrogen and oxygen atoms in total. The highest BCUT2D eigenvalue weighted by Gasteiger charge is 2.16. The van der Waals surface area contributed by atoms with Crippen LogP contribution < -0.4 is 10.6 Å². The van der Waals surface area contributed by atoms with Crippen molar-refractivity contribution in [2.24, 2.45) is 0 Å². The highest BCUT2D eigenvalue weighted by Crippen LogP contribution is 2.22. The van der Waals surface area contributed by atoms with Crippen molar-refractivity contribution in [3.63, 3.8) is 0 Å². The van der Waals surface area contributed by atoms with Gasteiger partial charge >= 0.3 is 0 Å². The summed E-state index contributed by atoms with van der Waals surface area (Å²) in [4.78, 5) is 12.5. The van der Waals surface area contributed by atoms with E-state index in [1.54, 1.807) is 0 Å². The van der Waals surface area contributed by atoms with Gasteiger partial charge in [-0.1, -0.05) is 0 Å². The predicted molar refractivity (Wildman–Crippen MR) is 72.6 cm³/mol. The van der Waals surface area contributed by atoms with Gasteiger partial charge in [0.25, 0.3) is 5.91 Å². The molecule has 0 aliphatic carbocycles. The van der Waals surface area contributed by atoms with Crippen LogP contribution in [0.1, 0.15) is 22.5 Å². The summed E-state index contributed by atoms with van der Waals surface area (Å²) in [5.41, 5.74) is 0. The third-order valence-electron chi connectivity index (χ3n) is 2.43. The van der Waals surface area contributed by atoms with Gasteiger partial charge < -0.3 is 10.6 Å². The predicted octanol–water partition coefficient (Wildman–Crippen LogP) is 2.41. The van der Waals surface area contributed by atoms with Crippen molar-refractivity contribution in [1.82, 2.24) is 10.6 Å². The van der Waals surface area contributed by atoms with Crippen LogP contribution in [0.15, 0.2) is 15.9 Å². The van der Waals surface area contributed by atoms with E-state index < -0.39 is 0 Å². The fourth-order valence-electron chi connectivity index (χ4n) is 1.67. The zero-order valence-electron chi connectivity index (χ0n) is 8.66. The van der Waals surface area contributed by atoms with Gasteiger partial charge in [-0.3, -0.25) is 4.79 Å². The van der Waals surface area contributed by atoms with Gasteiger partial charge in [0.15, 0.2) is 0 Å². The molecule has 1 aromatic heterocycles. The maximum atomic E-state index is 11.8. The Morgan fingerprint density at radius 1 is 1.56 bits per heavy atom.